The molecule has 2 rings (SSSR count). The van der Waals surface area contributed by atoms with Crippen LogP contribution < -0.4 is 0 Å². The van der Waals surface area contributed by atoms with Gasteiger partial charge in [-0.2, -0.15) is 5.10 Å². The van der Waals surface area contributed by atoms with E-state index in [1.807, 2.05) is 6.20 Å². The van der Waals surface area contributed by atoms with Crippen molar-refractivity contribution in [3.8, 4) is 0 Å². The highest BCUT2D eigenvalue weighted by Crippen LogP contribution is 2.40. The summed E-state index contributed by atoms with van der Waals surface area (Å²) in [6.45, 7) is 2.00. The van der Waals surface area contributed by atoms with Crippen LogP contribution >= 0.6 is 31.9 Å². The minimum Gasteiger partial charge on any atom is -0.308 e. The normalized spacial score (nSPS) is 24.8. The molecule has 0 radical (unpaired) electrons. The number of hydrogen-bond donors (Lipinski definition) is 0. The Hall–Kier alpha value is 0.130. The number of hydrogen-bond acceptors (Lipinski definition) is 2. The molecule has 2 atom stereocenters. The molecule has 0 aliphatic heterocycles. The van der Waals surface area contributed by atoms with E-state index in [1.165, 1.54) is 29.4 Å². The largest absolute Gasteiger partial charge is 0.308 e. The van der Waals surface area contributed by atoms with Crippen LogP contribution in [0.2, 0.25) is 0 Å². The SMILES string of the molecule is CN(C)CCn1ncc(Br)c1C1CCC(Br)C1. The van der Waals surface area contributed by atoms with E-state index in [4.69, 9.17) is 0 Å². The minimum atomic E-state index is 0.651. The van der Waals surface area contributed by atoms with Gasteiger partial charge >= 0.3 is 0 Å². The summed E-state index contributed by atoms with van der Waals surface area (Å²) in [6.07, 6.45) is 5.71. The average Bonchev–Trinajstić information content (AvgIpc) is 2.82. The highest BCUT2D eigenvalue weighted by Gasteiger charge is 2.28. The summed E-state index contributed by atoms with van der Waals surface area (Å²) in [5.41, 5.74) is 1.38. The van der Waals surface area contributed by atoms with Gasteiger partial charge in [0.2, 0.25) is 0 Å². The molecule has 3 nitrogen and oxygen atoms in total. The summed E-state index contributed by atoms with van der Waals surface area (Å²) in [4.78, 5) is 2.87. The third kappa shape index (κ3) is 3.32. The standard InChI is InChI=1S/C12H19Br2N3/c1-16(2)5-6-17-12(11(14)8-15-17)9-3-4-10(13)7-9/h8-10H,3-7H2,1-2H3. The second kappa shape index (κ2) is 5.85. The highest BCUT2D eigenvalue weighted by molar-refractivity contribution is 9.10. The first kappa shape index (κ1) is 13.6. The zero-order valence-electron chi connectivity index (χ0n) is 10.4. The Labute approximate surface area is 120 Å². The average molecular weight is 365 g/mol. The maximum absolute atomic E-state index is 4.49. The van der Waals surface area contributed by atoms with Crippen molar-refractivity contribution in [2.45, 2.75) is 36.6 Å². The number of rotatable bonds is 4. The van der Waals surface area contributed by atoms with E-state index in [-0.39, 0.29) is 0 Å². The van der Waals surface area contributed by atoms with Gasteiger partial charge in [0, 0.05) is 17.3 Å². The first-order valence-corrected chi connectivity index (χ1v) is 7.78. The molecular formula is C12H19Br2N3. The van der Waals surface area contributed by atoms with Gasteiger partial charge in [-0.3, -0.25) is 4.68 Å². The molecule has 1 aliphatic rings. The van der Waals surface area contributed by atoms with E-state index in [2.05, 4.69) is 60.6 Å². The van der Waals surface area contributed by atoms with Gasteiger partial charge in [0.25, 0.3) is 0 Å². The van der Waals surface area contributed by atoms with Gasteiger partial charge in [0.15, 0.2) is 0 Å². The lowest BCUT2D eigenvalue weighted by Gasteiger charge is -2.16. The third-order valence-electron chi connectivity index (χ3n) is 3.35. The Morgan fingerprint density at radius 2 is 2.24 bits per heavy atom. The van der Waals surface area contributed by atoms with Crippen molar-refractivity contribution in [1.82, 2.24) is 14.7 Å². The summed E-state index contributed by atoms with van der Waals surface area (Å²) >= 11 is 7.36. The fourth-order valence-corrected chi connectivity index (χ4v) is 3.76. The molecule has 5 heteroatoms. The van der Waals surface area contributed by atoms with Gasteiger partial charge in [-0.1, -0.05) is 15.9 Å². The Morgan fingerprint density at radius 3 is 2.82 bits per heavy atom. The second-order valence-electron chi connectivity index (χ2n) is 5.01. The molecule has 0 N–H and O–H groups in total. The molecule has 0 bridgehead atoms. The number of likely N-dealkylation sites (N-methyl/N-ethyl adjacent to an activating group) is 1. The molecule has 1 aliphatic carbocycles. The lowest BCUT2D eigenvalue weighted by Crippen LogP contribution is -2.20. The summed E-state index contributed by atoms with van der Waals surface area (Å²) < 4.78 is 3.34. The smallest absolute Gasteiger partial charge is 0.0635 e. The molecule has 1 aromatic heterocycles. The monoisotopic (exact) mass is 363 g/mol. The molecule has 0 aromatic carbocycles. The van der Waals surface area contributed by atoms with E-state index in [0.29, 0.717) is 10.7 Å². The Bertz CT molecular complexity index is 376. The molecule has 96 valence electrons. The van der Waals surface area contributed by atoms with Gasteiger partial charge in [0.1, 0.15) is 0 Å². The van der Waals surface area contributed by atoms with Gasteiger partial charge < -0.3 is 4.90 Å². The molecule has 1 saturated carbocycles. The Morgan fingerprint density at radius 1 is 1.47 bits per heavy atom. The van der Waals surface area contributed by atoms with Crippen LogP contribution in [0.5, 0.6) is 0 Å². The van der Waals surface area contributed by atoms with Gasteiger partial charge in [-0.15, -0.1) is 0 Å². The number of aromatic nitrogens is 2. The van der Waals surface area contributed by atoms with Crippen molar-refractivity contribution in [3.05, 3.63) is 16.4 Å². The summed E-state index contributed by atoms with van der Waals surface area (Å²) in [5.74, 6) is 0.651. The quantitative estimate of drug-likeness (QED) is 0.764. The lowest BCUT2D eigenvalue weighted by atomic mass is 10.0. The van der Waals surface area contributed by atoms with Crippen LogP contribution in [-0.4, -0.2) is 40.1 Å². The fraction of sp³-hybridized carbons (Fsp3) is 0.750. The molecular weight excluding hydrogens is 346 g/mol. The third-order valence-corrected chi connectivity index (χ3v) is 4.79. The van der Waals surface area contributed by atoms with Crippen molar-refractivity contribution >= 4 is 31.9 Å². The first-order chi connectivity index (χ1) is 8.08. The molecule has 17 heavy (non-hydrogen) atoms. The zero-order chi connectivity index (χ0) is 12.4. The lowest BCUT2D eigenvalue weighted by molar-refractivity contribution is 0.366. The number of nitrogens with zero attached hydrogens (tertiary/aromatic N) is 3. The molecule has 0 amide bonds. The second-order valence-corrected chi connectivity index (χ2v) is 7.16. The van der Waals surface area contributed by atoms with Crippen molar-refractivity contribution in [3.63, 3.8) is 0 Å². The van der Waals surface area contributed by atoms with Crippen molar-refractivity contribution in [2.75, 3.05) is 20.6 Å². The predicted octanol–water partition coefficient (Wildman–Crippen LogP) is 3.24. The molecule has 1 aromatic rings. The molecule has 1 heterocycles. The van der Waals surface area contributed by atoms with E-state index >= 15 is 0 Å². The van der Waals surface area contributed by atoms with E-state index in [1.54, 1.807) is 0 Å². The van der Waals surface area contributed by atoms with Crippen LogP contribution in [0.15, 0.2) is 10.7 Å². The van der Waals surface area contributed by atoms with Gasteiger partial charge in [-0.05, 0) is 49.3 Å². The van der Waals surface area contributed by atoms with Crippen LogP contribution in [0.3, 0.4) is 0 Å². The predicted molar refractivity (Wildman–Crippen MR) is 77.8 cm³/mol. The van der Waals surface area contributed by atoms with Gasteiger partial charge in [0.05, 0.1) is 22.9 Å². The van der Waals surface area contributed by atoms with Crippen LogP contribution in [0.1, 0.15) is 30.9 Å². The Balaban J connectivity index is 2.12. The van der Waals surface area contributed by atoms with E-state index in [0.717, 1.165) is 13.1 Å². The molecule has 1 fully saturated rings. The number of alkyl halides is 1. The summed E-state index contributed by atoms with van der Waals surface area (Å²) in [7, 11) is 4.20. The maximum atomic E-state index is 4.49. The molecule has 0 saturated heterocycles. The Kier molecular flexibility index (Phi) is 4.66. The van der Waals surface area contributed by atoms with Crippen LogP contribution in [0.25, 0.3) is 0 Å². The van der Waals surface area contributed by atoms with Crippen molar-refractivity contribution in [2.24, 2.45) is 0 Å². The van der Waals surface area contributed by atoms with Crippen LogP contribution in [0.4, 0.5) is 0 Å². The summed E-state index contributed by atoms with van der Waals surface area (Å²) in [5, 5.41) is 4.49. The first-order valence-electron chi connectivity index (χ1n) is 6.08. The molecule has 2 unspecified atom stereocenters. The highest BCUT2D eigenvalue weighted by atomic mass is 79.9. The van der Waals surface area contributed by atoms with Crippen LogP contribution in [-0.2, 0) is 6.54 Å². The fourth-order valence-electron chi connectivity index (χ4n) is 2.43. The number of halogens is 2. The van der Waals surface area contributed by atoms with Crippen molar-refractivity contribution in [1.29, 1.82) is 0 Å². The zero-order valence-corrected chi connectivity index (χ0v) is 13.5. The minimum absolute atomic E-state index is 0.651. The van der Waals surface area contributed by atoms with E-state index in [9.17, 15) is 0 Å². The van der Waals surface area contributed by atoms with Gasteiger partial charge in [-0.25, -0.2) is 0 Å². The summed E-state index contributed by atoms with van der Waals surface area (Å²) in [6, 6.07) is 0. The maximum Gasteiger partial charge on any atom is 0.0635 e. The topological polar surface area (TPSA) is 21.1 Å². The molecule has 0 spiro atoms. The van der Waals surface area contributed by atoms with Crippen LogP contribution in [0, 0.1) is 0 Å². The van der Waals surface area contributed by atoms with Crippen molar-refractivity contribution < 1.29 is 0 Å². The van der Waals surface area contributed by atoms with E-state index < -0.39 is 0 Å².